The van der Waals surface area contributed by atoms with Crippen LogP contribution in [-0.2, 0) is 4.79 Å². The van der Waals surface area contributed by atoms with E-state index in [-0.39, 0.29) is 5.41 Å². The molecule has 1 spiro atoms. The summed E-state index contributed by atoms with van der Waals surface area (Å²) in [5, 5.41) is 9.34. The summed E-state index contributed by atoms with van der Waals surface area (Å²) in [6.45, 7) is 7.29. The lowest BCUT2D eigenvalue weighted by Gasteiger charge is -2.39. The van der Waals surface area contributed by atoms with Gasteiger partial charge < -0.3 is 9.80 Å². The van der Waals surface area contributed by atoms with Gasteiger partial charge in [-0.15, -0.1) is 0 Å². The monoisotopic (exact) mass is 312 g/mol. The number of carbonyl (C=O) groups excluding carboxylic acids is 1. The average Bonchev–Trinajstić information content (AvgIpc) is 2.97. The van der Waals surface area contributed by atoms with Crippen LogP contribution in [0, 0.1) is 23.7 Å². The van der Waals surface area contributed by atoms with Gasteiger partial charge >= 0.3 is 0 Å². The Kier molecular flexibility index (Phi) is 4.25. The van der Waals surface area contributed by atoms with E-state index in [0.29, 0.717) is 18.0 Å². The Bertz CT molecular complexity index is 649. The molecule has 0 bridgehead atoms. The Morgan fingerprint density at radius 1 is 1.35 bits per heavy atom. The topological polar surface area (TPSA) is 60.2 Å². The molecule has 2 saturated heterocycles. The molecule has 0 saturated carbocycles. The van der Waals surface area contributed by atoms with Gasteiger partial charge in [-0.05, 0) is 44.7 Å². The van der Waals surface area contributed by atoms with Crippen molar-refractivity contribution < 1.29 is 4.79 Å². The standard InChI is InChI=1S/C18H24N4O/c1-3-9-21-10-4-7-18(17(21)23)8-11-22(13-18)16-15(12-19)6-5-14(2)20-16/h5-6H,3-4,7-11,13H2,1-2H3. The van der Waals surface area contributed by atoms with Crippen LogP contribution < -0.4 is 4.90 Å². The van der Waals surface area contributed by atoms with Crippen molar-refractivity contribution >= 4 is 11.7 Å². The Balaban J connectivity index is 1.84. The first-order chi connectivity index (χ1) is 11.1. The van der Waals surface area contributed by atoms with Gasteiger partial charge in [-0.25, -0.2) is 4.98 Å². The third kappa shape index (κ3) is 2.78. The van der Waals surface area contributed by atoms with Crippen molar-refractivity contribution in [2.45, 2.75) is 39.5 Å². The molecule has 1 amide bonds. The second-order valence-corrected chi connectivity index (χ2v) is 6.78. The SMILES string of the molecule is CCCN1CCCC2(CCN(c3nc(C)ccc3C#N)C2)C1=O. The number of pyridine rings is 1. The molecule has 1 atom stereocenters. The highest BCUT2D eigenvalue weighted by atomic mass is 16.2. The summed E-state index contributed by atoms with van der Waals surface area (Å²) in [7, 11) is 0. The summed E-state index contributed by atoms with van der Waals surface area (Å²) in [6.07, 6.45) is 3.90. The van der Waals surface area contributed by atoms with E-state index in [1.165, 1.54) is 0 Å². The van der Waals surface area contributed by atoms with Gasteiger partial charge in [0.15, 0.2) is 0 Å². The molecule has 2 aliphatic rings. The van der Waals surface area contributed by atoms with Crippen molar-refractivity contribution in [2.24, 2.45) is 5.41 Å². The lowest BCUT2D eigenvalue weighted by Crippen LogP contribution is -2.50. The minimum atomic E-state index is -0.272. The molecule has 2 fully saturated rings. The highest BCUT2D eigenvalue weighted by Gasteiger charge is 2.48. The molecule has 1 aromatic rings. The first-order valence-electron chi connectivity index (χ1n) is 8.52. The van der Waals surface area contributed by atoms with Gasteiger partial charge in [-0.1, -0.05) is 6.92 Å². The molecule has 5 heteroatoms. The zero-order chi connectivity index (χ0) is 16.4. The summed E-state index contributed by atoms with van der Waals surface area (Å²) in [6, 6.07) is 5.92. The van der Waals surface area contributed by atoms with E-state index in [9.17, 15) is 10.1 Å². The number of hydrogen-bond acceptors (Lipinski definition) is 4. The van der Waals surface area contributed by atoms with Crippen molar-refractivity contribution in [3.63, 3.8) is 0 Å². The van der Waals surface area contributed by atoms with Crippen LogP contribution in [0.4, 0.5) is 5.82 Å². The molecule has 0 aromatic carbocycles. The number of nitriles is 1. The molecule has 122 valence electrons. The van der Waals surface area contributed by atoms with E-state index < -0.39 is 0 Å². The van der Waals surface area contributed by atoms with Gasteiger partial charge in [0.2, 0.25) is 5.91 Å². The number of nitrogens with zero attached hydrogens (tertiary/aromatic N) is 4. The fourth-order valence-corrected chi connectivity index (χ4v) is 3.94. The van der Waals surface area contributed by atoms with Crippen LogP contribution in [0.2, 0.25) is 0 Å². The predicted molar refractivity (Wildman–Crippen MR) is 89.1 cm³/mol. The average molecular weight is 312 g/mol. The fourth-order valence-electron chi connectivity index (χ4n) is 3.94. The normalized spacial score (nSPS) is 24.3. The van der Waals surface area contributed by atoms with Gasteiger partial charge in [0, 0.05) is 31.9 Å². The van der Waals surface area contributed by atoms with Crippen molar-refractivity contribution in [1.82, 2.24) is 9.88 Å². The van der Waals surface area contributed by atoms with Crippen molar-refractivity contribution in [3.8, 4) is 6.07 Å². The van der Waals surface area contributed by atoms with Gasteiger partial charge in [0.05, 0.1) is 11.0 Å². The summed E-state index contributed by atoms with van der Waals surface area (Å²) < 4.78 is 0. The Hall–Kier alpha value is -2.09. The summed E-state index contributed by atoms with van der Waals surface area (Å²) in [4.78, 5) is 21.7. The molecule has 1 aromatic heterocycles. The number of aromatic nitrogens is 1. The highest BCUT2D eigenvalue weighted by Crippen LogP contribution is 2.41. The maximum absolute atomic E-state index is 13.0. The number of piperidine rings is 1. The number of carbonyl (C=O) groups is 1. The smallest absolute Gasteiger partial charge is 0.230 e. The highest BCUT2D eigenvalue weighted by molar-refractivity contribution is 5.85. The number of anilines is 1. The summed E-state index contributed by atoms with van der Waals surface area (Å²) in [5.41, 5.74) is 1.23. The number of hydrogen-bond donors (Lipinski definition) is 0. The molecule has 23 heavy (non-hydrogen) atoms. The van der Waals surface area contributed by atoms with Crippen molar-refractivity contribution in [1.29, 1.82) is 5.26 Å². The van der Waals surface area contributed by atoms with E-state index in [0.717, 1.165) is 56.8 Å². The minimum Gasteiger partial charge on any atom is -0.354 e. The fraction of sp³-hybridized carbons (Fsp3) is 0.611. The molecule has 1 unspecified atom stereocenters. The molecule has 0 N–H and O–H groups in total. The largest absolute Gasteiger partial charge is 0.354 e. The third-order valence-electron chi connectivity index (χ3n) is 5.11. The number of rotatable bonds is 3. The van der Waals surface area contributed by atoms with Crippen LogP contribution in [0.5, 0.6) is 0 Å². The van der Waals surface area contributed by atoms with Crippen molar-refractivity contribution in [3.05, 3.63) is 23.4 Å². The number of amides is 1. The molecule has 0 aliphatic carbocycles. The first-order valence-corrected chi connectivity index (χ1v) is 8.52. The minimum absolute atomic E-state index is 0.272. The Morgan fingerprint density at radius 3 is 2.91 bits per heavy atom. The van der Waals surface area contributed by atoms with Crippen molar-refractivity contribution in [2.75, 3.05) is 31.1 Å². The quantitative estimate of drug-likeness (QED) is 0.860. The molecule has 3 heterocycles. The summed E-state index contributed by atoms with van der Waals surface area (Å²) in [5.74, 6) is 1.05. The van der Waals surface area contributed by atoms with Gasteiger partial charge in [-0.2, -0.15) is 5.26 Å². The maximum atomic E-state index is 13.0. The van der Waals surface area contributed by atoms with E-state index in [4.69, 9.17) is 0 Å². The number of aryl methyl sites for hydroxylation is 1. The van der Waals surface area contributed by atoms with Gasteiger partial charge in [0.1, 0.15) is 11.9 Å². The second kappa shape index (κ2) is 6.19. The first kappa shape index (κ1) is 15.8. The van der Waals surface area contributed by atoms with Crippen LogP contribution in [0.25, 0.3) is 0 Å². The maximum Gasteiger partial charge on any atom is 0.230 e. The Labute approximate surface area is 137 Å². The molecular weight excluding hydrogens is 288 g/mol. The molecular formula is C18H24N4O. The van der Waals surface area contributed by atoms with E-state index in [2.05, 4.69) is 22.9 Å². The zero-order valence-electron chi connectivity index (χ0n) is 14.0. The molecule has 5 nitrogen and oxygen atoms in total. The van der Waals surface area contributed by atoms with E-state index in [1.807, 2.05) is 24.0 Å². The third-order valence-corrected chi connectivity index (χ3v) is 5.11. The Morgan fingerprint density at radius 2 is 2.17 bits per heavy atom. The van der Waals surface area contributed by atoms with E-state index in [1.54, 1.807) is 0 Å². The summed E-state index contributed by atoms with van der Waals surface area (Å²) >= 11 is 0. The van der Waals surface area contributed by atoms with Crippen LogP contribution in [0.1, 0.15) is 43.9 Å². The lowest BCUT2D eigenvalue weighted by molar-refractivity contribution is -0.145. The number of likely N-dealkylation sites (tertiary alicyclic amines) is 1. The van der Waals surface area contributed by atoms with Gasteiger partial charge in [-0.3, -0.25) is 4.79 Å². The van der Waals surface area contributed by atoms with Crippen LogP contribution in [0.3, 0.4) is 0 Å². The van der Waals surface area contributed by atoms with E-state index >= 15 is 0 Å². The zero-order valence-corrected chi connectivity index (χ0v) is 14.0. The molecule has 3 rings (SSSR count). The second-order valence-electron chi connectivity index (χ2n) is 6.78. The molecule has 0 radical (unpaired) electrons. The molecule has 2 aliphatic heterocycles. The van der Waals surface area contributed by atoms with Gasteiger partial charge in [0.25, 0.3) is 0 Å². The lowest BCUT2D eigenvalue weighted by atomic mass is 9.78. The van der Waals surface area contributed by atoms with Crippen LogP contribution in [-0.4, -0.2) is 42.0 Å². The van der Waals surface area contributed by atoms with Crippen LogP contribution in [0.15, 0.2) is 12.1 Å². The van der Waals surface area contributed by atoms with Crippen LogP contribution >= 0.6 is 0 Å². The predicted octanol–water partition coefficient (Wildman–Crippen LogP) is 2.49.